The summed E-state index contributed by atoms with van der Waals surface area (Å²) in [7, 11) is 0. The Balaban J connectivity index is 1.63. The number of rotatable bonds is 4. The topological polar surface area (TPSA) is 75.4 Å². The van der Waals surface area contributed by atoms with Gasteiger partial charge in [-0.05, 0) is 24.6 Å². The standard InChI is InChI=1S/C17H17N3O3/c21-16(19-9-8-14(12-19)17(22)23)7-6-13-10-18-20(11-13)15-4-2-1-3-5-15/h1-7,10-11,14H,8-9,12H2,(H,22,23). The Kier molecular flexibility index (Phi) is 4.23. The highest BCUT2D eigenvalue weighted by molar-refractivity contribution is 5.92. The zero-order valence-corrected chi connectivity index (χ0v) is 12.5. The normalized spacial score (nSPS) is 17.7. The van der Waals surface area contributed by atoms with Crippen LogP contribution in [0.4, 0.5) is 0 Å². The number of aromatic nitrogens is 2. The first kappa shape index (κ1) is 15.0. The molecule has 1 aromatic carbocycles. The van der Waals surface area contributed by atoms with E-state index in [0.29, 0.717) is 13.0 Å². The maximum absolute atomic E-state index is 12.1. The van der Waals surface area contributed by atoms with Crippen LogP contribution in [0, 0.1) is 5.92 Å². The van der Waals surface area contributed by atoms with Gasteiger partial charge in [-0.3, -0.25) is 9.59 Å². The summed E-state index contributed by atoms with van der Waals surface area (Å²) in [5.41, 5.74) is 1.76. The Morgan fingerprint density at radius 1 is 1.26 bits per heavy atom. The van der Waals surface area contributed by atoms with Crippen molar-refractivity contribution in [2.24, 2.45) is 5.92 Å². The maximum atomic E-state index is 12.1. The van der Waals surface area contributed by atoms with Crippen molar-refractivity contribution in [2.75, 3.05) is 13.1 Å². The van der Waals surface area contributed by atoms with Gasteiger partial charge in [0.15, 0.2) is 0 Å². The number of nitrogens with zero attached hydrogens (tertiary/aromatic N) is 3. The minimum atomic E-state index is -0.839. The molecule has 1 fully saturated rings. The van der Waals surface area contributed by atoms with Gasteiger partial charge in [-0.25, -0.2) is 4.68 Å². The molecular weight excluding hydrogens is 294 g/mol. The summed E-state index contributed by atoms with van der Waals surface area (Å²) in [4.78, 5) is 24.6. The van der Waals surface area contributed by atoms with Crippen LogP contribution in [0.15, 0.2) is 48.8 Å². The Morgan fingerprint density at radius 3 is 2.74 bits per heavy atom. The molecule has 0 aliphatic carbocycles. The van der Waals surface area contributed by atoms with Crippen LogP contribution in [0.2, 0.25) is 0 Å². The SMILES string of the molecule is O=C(O)C1CCN(C(=O)C=Cc2cnn(-c3ccccc3)c2)C1. The number of carboxylic acids is 1. The minimum Gasteiger partial charge on any atom is -0.481 e. The quantitative estimate of drug-likeness (QED) is 0.874. The minimum absolute atomic E-state index is 0.166. The molecule has 1 atom stereocenters. The Morgan fingerprint density at radius 2 is 2.04 bits per heavy atom. The van der Waals surface area contributed by atoms with Gasteiger partial charge >= 0.3 is 5.97 Å². The van der Waals surface area contributed by atoms with E-state index in [-0.39, 0.29) is 12.5 Å². The second kappa shape index (κ2) is 6.48. The highest BCUT2D eigenvalue weighted by atomic mass is 16.4. The van der Waals surface area contributed by atoms with Crippen molar-refractivity contribution in [3.63, 3.8) is 0 Å². The maximum Gasteiger partial charge on any atom is 0.308 e. The van der Waals surface area contributed by atoms with Gasteiger partial charge in [-0.1, -0.05) is 18.2 Å². The number of para-hydroxylation sites is 1. The van der Waals surface area contributed by atoms with Gasteiger partial charge in [0, 0.05) is 30.9 Å². The van der Waals surface area contributed by atoms with Crippen molar-refractivity contribution >= 4 is 18.0 Å². The lowest BCUT2D eigenvalue weighted by Crippen LogP contribution is -2.28. The van der Waals surface area contributed by atoms with Crippen LogP contribution >= 0.6 is 0 Å². The lowest BCUT2D eigenvalue weighted by Gasteiger charge is -2.12. The van der Waals surface area contributed by atoms with E-state index in [0.717, 1.165) is 11.3 Å². The molecule has 1 saturated heterocycles. The number of likely N-dealkylation sites (tertiary alicyclic amines) is 1. The van der Waals surface area contributed by atoms with Crippen molar-refractivity contribution in [1.29, 1.82) is 0 Å². The molecule has 23 heavy (non-hydrogen) atoms. The number of amides is 1. The van der Waals surface area contributed by atoms with Crippen molar-refractivity contribution in [2.45, 2.75) is 6.42 Å². The number of aliphatic carboxylic acids is 1. The number of carbonyl (C=O) groups is 2. The van der Waals surface area contributed by atoms with Gasteiger partial charge in [-0.2, -0.15) is 5.10 Å². The highest BCUT2D eigenvalue weighted by Gasteiger charge is 2.29. The van der Waals surface area contributed by atoms with Crippen LogP contribution in [-0.2, 0) is 9.59 Å². The van der Waals surface area contributed by atoms with Gasteiger partial charge in [0.2, 0.25) is 5.91 Å². The second-order valence-corrected chi connectivity index (χ2v) is 5.50. The molecule has 1 N–H and O–H groups in total. The van der Waals surface area contributed by atoms with Crippen molar-refractivity contribution in [3.8, 4) is 5.69 Å². The fourth-order valence-corrected chi connectivity index (χ4v) is 2.58. The summed E-state index contributed by atoms with van der Waals surface area (Å²) in [6.07, 6.45) is 7.20. The fraction of sp³-hybridized carbons (Fsp3) is 0.235. The van der Waals surface area contributed by atoms with Crippen LogP contribution in [0.3, 0.4) is 0 Å². The number of carbonyl (C=O) groups excluding carboxylic acids is 1. The van der Waals surface area contributed by atoms with E-state index < -0.39 is 11.9 Å². The van der Waals surface area contributed by atoms with Gasteiger partial charge < -0.3 is 10.0 Å². The van der Waals surface area contributed by atoms with Crippen LogP contribution in [0.1, 0.15) is 12.0 Å². The molecule has 1 aliphatic rings. The summed E-state index contributed by atoms with van der Waals surface area (Å²) in [5.74, 6) is -1.46. The van der Waals surface area contributed by atoms with Crippen molar-refractivity contribution < 1.29 is 14.7 Å². The molecule has 1 aliphatic heterocycles. The molecule has 118 valence electrons. The first-order chi connectivity index (χ1) is 11.1. The van der Waals surface area contributed by atoms with E-state index in [2.05, 4.69) is 5.10 Å². The molecule has 2 aromatic rings. The molecule has 0 bridgehead atoms. The second-order valence-electron chi connectivity index (χ2n) is 5.50. The van der Waals surface area contributed by atoms with Crippen LogP contribution in [0.5, 0.6) is 0 Å². The van der Waals surface area contributed by atoms with E-state index in [1.807, 2.05) is 36.5 Å². The summed E-state index contributed by atoms with van der Waals surface area (Å²) in [5, 5.41) is 13.2. The third-order valence-electron chi connectivity index (χ3n) is 3.89. The molecule has 1 aromatic heterocycles. The zero-order chi connectivity index (χ0) is 16.2. The van der Waals surface area contributed by atoms with Crippen molar-refractivity contribution in [3.05, 3.63) is 54.4 Å². The molecule has 1 unspecified atom stereocenters. The first-order valence-corrected chi connectivity index (χ1v) is 7.43. The summed E-state index contributed by atoms with van der Waals surface area (Å²) in [6, 6.07) is 9.70. The van der Waals surface area contributed by atoms with E-state index in [9.17, 15) is 9.59 Å². The molecule has 0 spiro atoms. The van der Waals surface area contributed by atoms with Crippen LogP contribution < -0.4 is 0 Å². The van der Waals surface area contributed by atoms with Gasteiger partial charge in [0.25, 0.3) is 0 Å². The Labute approximate surface area is 133 Å². The number of hydrogen-bond donors (Lipinski definition) is 1. The largest absolute Gasteiger partial charge is 0.481 e. The smallest absolute Gasteiger partial charge is 0.308 e. The molecule has 2 heterocycles. The van der Waals surface area contributed by atoms with Crippen molar-refractivity contribution in [1.82, 2.24) is 14.7 Å². The predicted molar refractivity (Wildman–Crippen MR) is 84.9 cm³/mol. The van der Waals surface area contributed by atoms with Crippen LogP contribution in [-0.4, -0.2) is 44.8 Å². The van der Waals surface area contributed by atoms with Gasteiger partial charge in [0.05, 0.1) is 17.8 Å². The molecule has 0 saturated carbocycles. The Bertz CT molecular complexity index is 737. The zero-order valence-electron chi connectivity index (χ0n) is 12.5. The van der Waals surface area contributed by atoms with E-state index in [1.54, 1.807) is 21.9 Å². The monoisotopic (exact) mass is 311 g/mol. The number of carboxylic acid groups (broad SMARTS) is 1. The third kappa shape index (κ3) is 3.48. The fourth-order valence-electron chi connectivity index (χ4n) is 2.58. The average Bonchev–Trinajstić information content (AvgIpc) is 3.23. The highest BCUT2D eigenvalue weighted by Crippen LogP contribution is 2.17. The molecule has 1 amide bonds. The van der Waals surface area contributed by atoms with E-state index >= 15 is 0 Å². The van der Waals surface area contributed by atoms with Crippen LogP contribution in [0.25, 0.3) is 11.8 Å². The third-order valence-corrected chi connectivity index (χ3v) is 3.89. The number of hydrogen-bond acceptors (Lipinski definition) is 3. The lowest BCUT2D eigenvalue weighted by atomic mass is 10.1. The lowest BCUT2D eigenvalue weighted by molar-refractivity contribution is -0.141. The summed E-state index contributed by atoms with van der Waals surface area (Å²) >= 11 is 0. The molecular formula is C17H17N3O3. The molecule has 6 nitrogen and oxygen atoms in total. The average molecular weight is 311 g/mol. The predicted octanol–water partition coefficient (Wildman–Crippen LogP) is 1.82. The van der Waals surface area contributed by atoms with Gasteiger partial charge in [-0.15, -0.1) is 0 Å². The molecule has 3 rings (SSSR count). The van der Waals surface area contributed by atoms with E-state index in [1.165, 1.54) is 6.08 Å². The van der Waals surface area contributed by atoms with Gasteiger partial charge in [0.1, 0.15) is 0 Å². The molecule has 0 radical (unpaired) electrons. The Hall–Kier alpha value is -2.89. The molecule has 6 heteroatoms. The van der Waals surface area contributed by atoms with E-state index in [4.69, 9.17) is 5.11 Å². The first-order valence-electron chi connectivity index (χ1n) is 7.43. The number of benzene rings is 1. The summed E-state index contributed by atoms with van der Waals surface area (Å²) in [6.45, 7) is 0.769. The summed E-state index contributed by atoms with van der Waals surface area (Å²) < 4.78 is 1.74.